The molecule has 1 unspecified atom stereocenters. The van der Waals surface area contributed by atoms with Crippen LogP contribution in [0.25, 0.3) is 0 Å². The summed E-state index contributed by atoms with van der Waals surface area (Å²) < 4.78 is 15.1. The molecule has 1 aromatic carbocycles. The monoisotopic (exact) mass is 447 g/mol. The molecule has 32 heavy (non-hydrogen) atoms. The molecule has 2 saturated heterocycles. The number of anilines is 2. The maximum atomic E-state index is 15.1. The van der Waals surface area contributed by atoms with Crippen LogP contribution in [0.15, 0.2) is 18.2 Å². The van der Waals surface area contributed by atoms with Crippen molar-refractivity contribution in [3.8, 4) is 0 Å². The number of halogens is 1. The summed E-state index contributed by atoms with van der Waals surface area (Å²) in [6, 6.07) is 4.79. The van der Waals surface area contributed by atoms with E-state index in [1.54, 1.807) is 12.1 Å². The highest BCUT2D eigenvalue weighted by Crippen LogP contribution is 2.44. The molecule has 176 valence electrons. The minimum Gasteiger partial charge on any atom is -0.465 e. The van der Waals surface area contributed by atoms with Gasteiger partial charge >= 0.3 is 6.09 Å². The van der Waals surface area contributed by atoms with Crippen molar-refractivity contribution < 1.29 is 24.2 Å². The lowest BCUT2D eigenvalue weighted by Gasteiger charge is -2.41. The highest BCUT2D eigenvalue weighted by molar-refractivity contribution is 5.87. The molecule has 2 heterocycles. The first-order chi connectivity index (χ1) is 15.3. The number of likely N-dealkylation sites (tertiary alicyclic amines) is 1. The first kappa shape index (κ1) is 22.8. The first-order valence-corrected chi connectivity index (χ1v) is 11.9. The number of carbonyl (C=O) groups is 2. The van der Waals surface area contributed by atoms with E-state index in [0.29, 0.717) is 37.4 Å². The highest BCUT2D eigenvalue weighted by Gasteiger charge is 2.50. The molecule has 1 saturated carbocycles. The van der Waals surface area contributed by atoms with Gasteiger partial charge in [-0.25, -0.2) is 9.18 Å². The Morgan fingerprint density at radius 2 is 1.97 bits per heavy atom. The van der Waals surface area contributed by atoms with Crippen LogP contribution in [0.1, 0.15) is 58.3 Å². The molecule has 0 radical (unpaired) electrons. The predicted octanol–water partition coefficient (Wildman–Crippen LogP) is 3.84. The second kappa shape index (κ2) is 9.25. The molecule has 8 heteroatoms. The average Bonchev–Trinajstić information content (AvgIpc) is 3.07. The number of carbonyl (C=O) groups excluding carboxylic acids is 1. The standard InChI is InChI=1S/C24H34FN3O4/c1-2-12-28(23(31)32)18-6-9-21(20(25)15-18)26-13-3-10-24(16-26)11-14-27(22(24)30)17-4-7-19(29)8-5-17/h6,9,15,17,19,29H,2-5,7-8,10-14,16H2,1H3,(H,31,32)/t17-,19-,24?. The average molecular weight is 448 g/mol. The Kier molecular flexibility index (Phi) is 6.60. The highest BCUT2D eigenvalue weighted by atomic mass is 19.1. The zero-order valence-electron chi connectivity index (χ0n) is 18.8. The Morgan fingerprint density at radius 1 is 1.22 bits per heavy atom. The van der Waals surface area contributed by atoms with Gasteiger partial charge in [-0.1, -0.05) is 6.92 Å². The summed E-state index contributed by atoms with van der Waals surface area (Å²) in [5.41, 5.74) is 0.283. The van der Waals surface area contributed by atoms with Gasteiger partial charge in [0.05, 0.1) is 22.9 Å². The van der Waals surface area contributed by atoms with Gasteiger partial charge in [-0.15, -0.1) is 0 Å². The van der Waals surface area contributed by atoms with Crippen molar-refractivity contribution >= 4 is 23.4 Å². The van der Waals surface area contributed by atoms with E-state index in [1.165, 1.54) is 6.07 Å². The van der Waals surface area contributed by atoms with Crippen molar-refractivity contribution in [2.75, 3.05) is 36.0 Å². The molecule has 3 fully saturated rings. The Balaban J connectivity index is 1.49. The Bertz CT molecular complexity index is 858. The minimum atomic E-state index is -1.09. The van der Waals surface area contributed by atoms with Crippen LogP contribution < -0.4 is 9.80 Å². The van der Waals surface area contributed by atoms with Crippen LogP contribution in [-0.4, -0.2) is 65.4 Å². The lowest BCUT2D eigenvalue weighted by molar-refractivity contribution is -0.139. The number of piperidine rings is 1. The van der Waals surface area contributed by atoms with E-state index in [9.17, 15) is 19.8 Å². The van der Waals surface area contributed by atoms with E-state index < -0.39 is 17.3 Å². The van der Waals surface area contributed by atoms with Crippen molar-refractivity contribution in [3.05, 3.63) is 24.0 Å². The summed E-state index contributed by atoms with van der Waals surface area (Å²) in [7, 11) is 0. The third-order valence-corrected chi connectivity index (χ3v) is 7.49. The topological polar surface area (TPSA) is 84.3 Å². The molecule has 0 aromatic heterocycles. The molecule has 7 nitrogen and oxygen atoms in total. The molecule has 1 aromatic rings. The first-order valence-electron chi connectivity index (χ1n) is 11.9. The van der Waals surface area contributed by atoms with Gasteiger partial charge in [0, 0.05) is 32.2 Å². The van der Waals surface area contributed by atoms with Crippen molar-refractivity contribution in [2.24, 2.45) is 5.41 Å². The SMILES string of the molecule is CCCN(C(=O)O)c1ccc(N2CCCC3(CCN([C@H]4CC[C@H](O)CC4)C3=O)C2)c(F)c1. The van der Waals surface area contributed by atoms with Crippen LogP contribution in [0.4, 0.5) is 20.6 Å². The van der Waals surface area contributed by atoms with E-state index in [2.05, 4.69) is 0 Å². The fourth-order valence-electron chi connectivity index (χ4n) is 5.76. The third kappa shape index (κ3) is 4.29. The number of benzene rings is 1. The largest absolute Gasteiger partial charge is 0.465 e. The fraction of sp³-hybridized carbons (Fsp3) is 0.667. The van der Waals surface area contributed by atoms with Gasteiger partial charge in [-0.3, -0.25) is 9.69 Å². The van der Waals surface area contributed by atoms with Crippen LogP contribution in [-0.2, 0) is 4.79 Å². The molecule has 1 atom stereocenters. The zero-order valence-corrected chi connectivity index (χ0v) is 18.8. The number of hydrogen-bond acceptors (Lipinski definition) is 4. The third-order valence-electron chi connectivity index (χ3n) is 7.49. The fourth-order valence-corrected chi connectivity index (χ4v) is 5.76. The maximum absolute atomic E-state index is 15.1. The van der Waals surface area contributed by atoms with Gasteiger partial charge in [0.2, 0.25) is 5.91 Å². The second-order valence-electron chi connectivity index (χ2n) is 9.59. The van der Waals surface area contributed by atoms with Crippen molar-refractivity contribution in [2.45, 2.75) is 70.4 Å². The van der Waals surface area contributed by atoms with Gasteiger partial charge < -0.3 is 20.0 Å². The van der Waals surface area contributed by atoms with E-state index in [0.717, 1.165) is 56.4 Å². The summed E-state index contributed by atoms with van der Waals surface area (Å²) in [4.78, 5) is 30.1. The van der Waals surface area contributed by atoms with Crippen LogP contribution in [0, 0.1) is 11.2 Å². The Hall–Kier alpha value is -2.35. The van der Waals surface area contributed by atoms with Crippen LogP contribution in [0.3, 0.4) is 0 Å². The number of amides is 2. The van der Waals surface area contributed by atoms with Crippen LogP contribution in [0.5, 0.6) is 0 Å². The van der Waals surface area contributed by atoms with Crippen molar-refractivity contribution in [1.82, 2.24) is 4.90 Å². The zero-order chi connectivity index (χ0) is 22.9. The Morgan fingerprint density at radius 3 is 2.62 bits per heavy atom. The lowest BCUT2D eigenvalue weighted by Crippen LogP contribution is -2.50. The van der Waals surface area contributed by atoms with Gasteiger partial charge in [-0.2, -0.15) is 0 Å². The van der Waals surface area contributed by atoms with Gasteiger partial charge in [0.15, 0.2) is 0 Å². The minimum absolute atomic E-state index is 0.181. The normalized spacial score (nSPS) is 28.4. The summed E-state index contributed by atoms with van der Waals surface area (Å²) in [5, 5.41) is 19.2. The molecule has 3 aliphatic rings. The number of hydrogen-bond donors (Lipinski definition) is 2. The van der Waals surface area contributed by atoms with Crippen molar-refractivity contribution in [3.63, 3.8) is 0 Å². The van der Waals surface area contributed by atoms with E-state index in [1.807, 2.05) is 16.7 Å². The van der Waals surface area contributed by atoms with E-state index >= 15 is 4.39 Å². The molecule has 2 amide bonds. The molecular weight excluding hydrogens is 413 g/mol. The van der Waals surface area contributed by atoms with Gasteiger partial charge in [0.25, 0.3) is 0 Å². The lowest BCUT2D eigenvalue weighted by atomic mass is 9.78. The predicted molar refractivity (Wildman–Crippen MR) is 121 cm³/mol. The molecule has 0 bridgehead atoms. The molecule has 2 N–H and O–H groups in total. The number of rotatable bonds is 5. The molecule has 2 aliphatic heterocycles. The molecule has 1 spiro atoms. The smallest absolute Gasteiger partial charge is 0.411 e. The van der Waals surface area contributed by atoms with E-state index in [4.69, 9.17) is 0 Å². The summed E-state index contributed by atoms with van der Waals surface area (Å²) >= 11 is 0. The van der Waals surface area contributed by atoms with Gasteiger partial charge in [-0.05, 0) is 69.6 Å². The van der Waals surface area contributed by atoms with Crippen molar-refractivity contribution in [1.29, 1.82) is 0 Å². The molecule has 1 aliphatic carbocycles. The summed E-state index contributed by atoms with van der Waals surface area (Å²) in [6.07, 6.45) is 4.91. The number of aliphatic hydroxyl groups is 1. The Labute approximate surface area is 188 Å². The van der Waals surface area contributed by atoms with E-state index in [-0.39, 0.29) is 18.1 Å². The summed E-state index contributed by atoms with van der Waals surface area (Å²) in [5.74, 6) is -0.272. The van der Waals surface area contributed by atoms with Crippen LogP contribution >= 0.6 is 0 Å². The number of nitrogens with zero attached hydrogens (tertiary/aromatic N) is 3. The number of carboxylic acid groups (broad SMARTS) is 1. The maximum Gasteiger partial charge on any atom is 0.411 e. The quantitative estimate of drug-likeness (QED) is 0.717. The summed E-state index contributed by atoms with van der Waals surface area (Å²) in [6.45, 7) is 4.10. The van der Waals surface area contributed by atoms with Gasteiger partial charge in [0.1, 0.15) is 5.82 Å². The second-order valence-corrected chi connectivity index (χ2v) is 9.59. The van der Waals surface area contributed by atoms with Crippen LogP contribution in [0.2, 0.25) is 0 Å². The molecule has 4 rings (SSSR count). The molecular formula is C24H34FN3O4. The number of aliphatic hydroxyl groups excluding tert-OH is 1.